The van der Waals surface area contributed by atoms with E-state index in [4.69, 9.17) is 37.0 Å². The second-order valence-electron chi connectivity index (χ2n) is 24.5. The number of phosphoric ester groups is 2. The molecule has 0 aliphatic rings. The Morgan fingerprint density at radius 3 is 0.900 bits per heavy atom. The number of unbranched alkanes of at least 4 members (excludes halogenated alkanes) is 18. The number of carbonyl (C=O) groups is 4. The van der Waals surface area contributed by atoms with Gasteiger partial charge in [0.05, 0.1) is 32.8 Å². The van der Waals surface area contributed by atoms with Gasteiger partial charge in [0.1, 0.15) is 19.3 Å². The maximum absolute atomic E-state index is 13.1. The normalized spacial score (nSPS) is 14.8. The second-order valence-corrected chi connectivity index (χ2v) is 27.4. The van der Waals surface area contributed by atoms with E-state index in [1.807, 2.05) is 12.2 Å². The van der Waals surface area contributed by atoms with Crippen LogP contribution in [-0.4, -0.2) is 96.7 Å². The second kappa shape index (κ2) is 72.0. The zero-order valence-electron chi connectivity index (χ0n) is 61.8. The molecule has 0 radical (unpaired) electrons. The number of hydrogen-bond acceptors (Lipinski definition) is 15. The quantitative estimate of drug-likeness (QED) is 0.0169. The summed E-state index contributed by atoms with van der Waals surface area (Å²) in [7, 11) is -10.0. The van der Waals surface area contributed by atoms with Crippen molar-refractivity contribution < 1.29 is 80.2 Å². The van der Waals surface area contributed by atoms with Crippen LogP contribution < -0.4 is 0 Å². The van der Waals surface area contributed by atoms with Crippen LogP contribution in [0.1, 0.15) is 272 Å². The van der Waals surface area contributed by atoms with E-state index in [1.165, 1.54) is 25.7 Å². The number of aliphatic hydroxyl groups excluding tert-OH is 1. The first-order valence-corrected chi connectivity index (χ1v) is 40.7. The highest BCUT2D eigenvalue weighted by Gasteiger charge is 2.30. The highest BCUT2D eigenvalue weighted by Crippen LogP contribution is 2.45. The van der Waals surface area contributed by atoms with E-state index in [-0.39, 0.29) is 25.7 Å². The average Bonchev–Trinajstić information content (AvgIpc) is 0.932. The van der Waals surface area contributed by atoms with Gasteiger partial charge in [0.2, 0.25) is 0 Å². The van der Waals surface area contributed by atoms with Gasteiger partial charge in [0, 0.05) is 19.3 Å². The van der Waals surface area contributed by atoms with Crippen molar-refractivity contribution in [3.8, 4) is 0 Å². The minimum Gasteiger partial charge on any atom is -0.462 e. The van der Waals surface area contributed by atoms with Crippen LogP contribution in [-0.2, 0) is 65.4 Å². The molecule has 3 N–H and O–H groups in total. The lowest BCUT2D eigenvalue weighted by atomic mass is 10.1. The maximum atomic E-state index is 13.1. The molecule has 0 aliphatic carbocycles. The first-order valence-electron chi connectivity index (χ1n) is 37.7. The lowest BCUT2D eigenvalue weighted by Crippen LogP contribution is -2.30. The molecule has 17 nitrogen and oxygen atoms in total. The van der Waals surface area contributed by atoms with Crippen molar-refractivity contribution in [2.45, 2.75) is 290 Å². The highest BCUT2D eigenvalue weighted by atomic mass is 31.2. The Balaban J connectivity index is 5.47. The number of carbonyl (C=O) groups excluding carboxylic acids is 4. The molecular weight excluding hydrogens is 1310 g/mol. The molecule has 568 valence electrons. The third kappa shape index (κ3) is 71.1. The summed E-state index contributed by atoms with van der Waals surface area (Å²) in [5.41, 5.74) is 0. The molecule has 5 unspecified atom stereocenters. The summed E-state index contributed by atoms with van der Waals surface area (Å²) in [6, 6.07) is 0. The van der Waals surface area contributed by atoms with Gasteiger partial charge in [-0.3, -0.25) is 37.3 Å². The van der Waals surface area contributed by atoms with Gasteiger partial charge in [0.25, 0.3) is 0 Å². The molecule has 5 atom stereocenters. The van der Waals surface area contributed by atoms with E-state index in [0.29, 0.717) is 25.7 Å². The summed E-state index contributed by atoms with van der Waals surface area (Å²) in [4.78, 5) is 72.8. The van der Waals surface area contributed by atoms with Crippen LogP contribution in [0.15, 0.2) is 158 Å². The topological polar surface area (TPSA) is 237 Å². The third-order valence-electron chi connectivity index (χ3n) is 15.0. The van der Waals surface area contributed by atoms with Crippen LogP contribution in [0.25, 0.3) is 0 Å². The summed E-state index contributed by atoms with van der Waals surface area (Å²) in [5.74, 6) is -2.39. The highest BCUT2D eigenvalue weighted by molar-refractivity contribution is 7.47. The SMILES string of the molecule is CC/C=C\C/C=C\C/C=C\C/C=C\C/C=C\CC(=O)OC(COC(=O)CCCCCC/C=C\C/C=C\C/C=C\C/C=C\CC)COP(=O)(O)OCC(O)COP(=O)(O)OCC(COC(=O)CCCCCCC/C=C\C/C=C\C/C=C\CC)OC(=O)CCCCCCC/C=C\CCCCCC. The largest absolute Gasteiger partial charge is 0.472 e. The summed E-state index contributed by atoms with van der Waals surface area (Å²) in [6.07, 6.45) is 82.7. The fraction of sp³-hybridized carbons (Fsp3) is 0.630. The lowest BCUT2D eigenvalue weighted by molar-refractivity contribution is -0.161. The van der Waals surface area contributed by atoms with Crippen LogP contribution in [0.3, 0.4) is 0 Å². The van der Waals surface area contributed by atoms with Gasteiger partial charge in [-0.1, -0.05) is 256 Å². The Bertz CT molecular complexity index is 2520. The summed E-state index contributed by atoms with van der Waals surface area (Å²) in [5, 5.41) is 10.6. The minimum absolute atomic E-state index is 0.0736. The van der Waals surface area contributed by atoms with Gasteiger partial charge in [0.15, 0.2) is 12.2 Å². The summed E-state index contributed by atoms with van der Waals surface area (Å²) >= 11 is 0. The van der Waals surface area contributed by atoms with E-state index in [0.717, 1.165) is 167 Å². The first kappa shape index (κ1) is 94.7. The fourth-order valence-corrected chi connectivity index (χ4v) is 10.9. The van der Waals surface area contributed by atoms with Crippen LogP contribution in [0.5, 0.6) is 0 Å². The van der Waals surface area contributed by atoms with E-state index < -0.39 is 97.5 Å². The molecular formula is C81H132O17P2. The smallest absolute Gasteiger partial charge is 0.462 e. The molecule has 0 saturated heterocycles. The van der Waals surface area contributed by atoms with Gasteiger partial charge in [-0.2, -0.15) is 0 Å². The number of allylic oxidation sites excluding steroid dienone is 25. The Kier molecular flexibility index (Phi) is 68.2. The van der Waals surface area contributed by atoms with Gasteiger partial charge in [-0.05, 0) is 148 Å². The molecule has 0 saturated carbocycles. The van der Waals surface area contributed by atoms with Crippen molar-refractivity contribution in [3.63, 3.8) is 0 Å². The number of hydrogen-bond donors (Lipinski definition) is 3. The van der Waals surface area contributed by atoms with Crippen LogP contribution in [0.2, 0.25) is 0 Å². The zero-order valence-corrected chi connectivity index (χ0v) is 63.6. The van der Waals surface area contributed by atoms with Crippen molar-refractivity contribution in [3.05, 3.63) is 158 Å². The molecule has 0 heterocycles. The van der Waals surface area contributed by atoms with Gasteiger partial charge in [-0.25, -0.2) is 9.13 Å². The maximum Gasteiger partial charge on any atom is 0.472 e. The molecule has 0 aromatic carbocycles. The molecule has 0 aromatic rings. The Morgan fingerprint density at radius 2 is 0.560 bits per heavy atom. The van der Waals surface area contributed by atoms with E-state index in [2.05, 4.69) is 161 Å². The minimum atomic E-state index is -5.01. The summed E-state index contributed by atoms with van der Waals surface area (Å²) < 4.78 is 68.3. The molecule has 0 bridgehead atoms. The predicted octanol–water partition coefficient (Wildman–Crippen LogP) is 21.7. The van der Waals surface area contributed by atoms with Gasteiger partial charge >= 0.3 is 39.5 Å². The lowest BCUT2D eigenvalue weighted by Gasteiger charge is -2.21. The van der Waals surface area contributed by atoms with Crippen molar-refractivity contribution >= 4 is 39.5 Å². The zero-order chi connectivity index (χ0) is 73.2. The number of phosphoric acid groups is 2. The van der Waals surface area contributed by atoms with Crippen molar-refractivity contribution in [1.82, 2.24) is 0 Å². The molecule has 100 heavy (non-hydrogen) atoms. The van der Waals surface area contributed by atoms with E-state index >= 15 is 0 Å². The van der Waals surface area contributed by atoms with Crippen LogP contribution in [0.4, 0.5) is 0 Å². The third-order valence-corrected chi connectivity index (χ3v) is 16.9. The average molecular weight is 1440 g/mol. The summed E-state index contributed by atoms with van der Waals surface area (Å²) in [6.45, 7) is 4.32. The van der Waals surface area contributed by atoms with Crippen LogP contribution in [0, 0.1) is 0 Å². The monoisotopic (exact) mass is 1440 g/mol. The van der Waals surface area contributed by atoms with Gasteiger partial charge in [-0.15, -0.1) is 0 Å². The Hall–Kier alpha value is -5.32. The number of rotatable bonds is 69. The van der Waals surface area contributed by atoms with Crippen molar-refractivity contribution in [2.24, 2.45) is 0 Å². The molecule has 0 aliphatic heterocycles. The first-order chi connectivity index (χ1) is 48.7. The predicted molar refractivity (Wildman–Crippen MR) is 408 cm³/mol. The standard InChI is InChI=1S/C81H132O17P2/c1-5-9-13-17-21-25-29-33-36-37-40-43-46-50-54-58-62-66-79(84)92-72-77(98-81(86)68-64-60-56-52-48-44-39-35-31-27-23-19-15-11-7-3)74-96-100(89,90)94-70-75(82)69-93-99(87,88)95-73-76(97-80(85)67-63-59-55-51-47-41-32-28-24-20-16-12-8-4)71-91-78(83)65-61-57-53-49-45-42-38-34-30-26-22-18-14-10-6-2/h9-11,13-15,21-23,25-28,32-36,38-40,43,48,52,60,64,75-77,82H,5-8,12,16-20,24,29-31,37,41-42,44-47,49-51,53-59,61-63,65-74H2,1-4H3,(H,87,88)(H,89,90)/b13-9-,14-10-,15-11-,25-21-,26-22-,27-23-,32-28-,36-33-,38-34-,39-35-,43-40-,52-48-,64-60-. The van der Waals surface area contributed by atoms with Crippen molar-refractivity contribution in [1.29, 1.82) is 0 Å². The molecule has 0 fully saturated rings. The molecule has 0 spiro atoms. The Labute approximate surface area is 604 Å². The fourth-order valence-electron chi connectivity index (χ4n) is 9.35. The molecule has 0 aromatic heterocycles. The molecule has 0 rings (SSSR count). The number of esters is 4. The number of aliphatic hydroxyl groups is 1. The molecule has 19 heteroatoms. The molecule has 0 amide bonds. The van der Waals surface area contributed by atoms with E-state index in [1.54, 1.807) is 12.2 Å². The number of ether oxygens (including phenoxy) is 4. The van der Waals surface area contributed by atoms with Crippen molar-refractivity contribution in [2.75, 3.05) is 39.6 Å². The van der Waals surface area contributed by atoms with Gasteiger partial charge < -0.3 is 33.8 Å². The van der Waals surface area contributed by atoms with Crippen LogP contribution >= 0.6 is 15.6 Å². The Morgan fingerprint density at radius 1 is 0.300 bits per heavy atom. The van der Waals surface area contributed by atoms with E-state index in [9.17, 15) is 43.2 Å².